The van der Waals surface area contributed by atoms with Crippen LogP contribution in [-0.4, -0.2) is 19.1 Å². The predicted molar refractivity (Wildman–Crippen MR) is 225 cm³/mol. The van der Waals surface area contributed by atoms with E-state index in [9.17, 15) is 0 Å². The van der Waals surface area contributed by atoms with Crippen LogP contribution in [0.3, 0.4) is 0 Å². The Morgan fingerprint density at radius 3 is 1.48 bits per heavy atom. The minimum Gasteiger partial charge on any atom is -0.309 e. The van der Waals surface area contributed by atoms with Gasteiger partial charge in [0, 0.05) is 43.7 Å². The Morgan fingerprint density at radius 2 is 0.815 bits per heavy atom. The molecule has 0 aliphatic heterocycles. The summed E-state index contributed by atoms with van der Waals surface area (Å²) >= 11 is 0. The van der Waals surface area contributed by atoms with Crippen LogP contribution in [0.25, 0.3) is 99.7 Å². The van der Waals surface area contributed by atoms with Crippen molar-refractivity contribution < 1.29 is 0 Å². The molecule has 0 saturated heterocycles. The lowest BCUT2D eigenvalue weighted by Crippen LogP contribution is -2.04. The molecule has 0 saturated carbocycles. The van der Waals surface area contributed by atoms with Gasteiger partial charge >= 0.3 is 0 Å². The van der Waals surface area contributed by atoms with Crippen molar-refractivity contribution in [3.8, 4) is 45.1 Å². The van der Waals surface area contributed by atoms with E-state index < -0.39 is 0 Å². The zero-order valence-corrected chi connectivity index (χ0v) is 29.3. The highest BCUT2D eigenvalue weighted by Gasteiger charge is 2.20. The van der Waals surface area contributed by atoms with Gasteiger partial charge in [-0.25, -0.2) is 9.97 Å². The molecule has 11 aromatic rings. The second-order valence-corrected chi connectivity index (χ2v) is 13.8. The molecule has 0 N–H and O–H groups in total. The molecule has 54 heavy (non-hydrogen) atoms. The Labute approximate surface area is 311 Å². The van der Waals surface area contributed by atoms with E-state index in [2.05, 4.69) is 203 Å². The zero-order chi connectivity index (χ0) is 35.6. The maximum atomic E-state index is 5.45. The van der Waals surface area contributed by atoms with Gasteiger partial charge in [-0.3, -0.25) is 4.57 Å². The van der Waals surface area contributed by atoms with Gasteiger partial charge in [0.15, 0.2) is 0 Å². The molecular formula is C50H32N4. The first kappa shape index (κ1) is 30.3. The molecule has 0 bridgehead atoms. The number of hydrogen-bond donors (Lipinski definition) is 0. The molecular weight excluding hydrogens is 657 g/mol. The molecule has 252 valence electrons. The fourth-order valence-electron chi connectivity index (χ4n) is 8.28. The molecule has 0 radical (unpaired) electrons. The molecule has 0 spiro atoms. The SMILES string of the molecule is c1ccc(-c2ccc(-c3nc(-n4c5ccccc5c5cc(-n6c7ccccc7c7ccccc76)ccc54)nc4c(-c5ccccc5)cccc34)cc2)cc1. The Balaban J connectivity index is 1.17. The molecule has 3 heterocycles. The molecule has 8 aromatic carbocycles. The first-order chi connectivity index (χ1) is 26.8. The van der Waals surface area contributed by atoms with Gasteiger partial charge in [-0.2, -0.15) is 0 Å². The fourth-order valence-corrected chi connectivity index (χ4v) is 8.28. The van der Waals surface area contributed by atoms with Crippen LogP contribution in [0, 0.1) is 0 Å². The van der Waals surface area contributed by atoms with E-state index in [-0.39, 0.29) is 0 Å². The number of benzene rings is 8. The van der Waals surface area contributed by atoms with Crippen LogP contribution in [0.15, 0.2) is 194 Å². The highest BCUT2D eigenvalue weighted by Crippen LogP contribution is 2.39. The monoisotopic (exact) mass is 688 g/mol. The van der Waals surface area contributed by atoms with Gasteiger partial charge in [0.2, 0.25) is 5.95 Å². The summed E-state index contributed by atoms with van der Waals surface area (Å²) in [5, 5.41) is 5.82. The first-order valence-corrected chi connectivity index (χ1v) is 18.3. The smallest absolute Gasteiger partial charge is 0.235 e. The standard InChI is InChI=1S/C50H32N4/c1-3-14-33(15-4-1)34-26-28-36(29-27-34)48-42-22-13-21-38(35-16-5-2-6-17-35)49(42)52-50(51-48)54-46-25-12-9-20-41(46)43-32-37(30-31-47(43)54)53-44-23-10-7-18-39(44)40-19-8-11-24-45(40)53/h1-32H. The lowest BCUT2D eigenvalue weighted by Gasteiger charge is -2.15. The third kappa shape index (κ3) is 4.70. The normalized spacial score (nSPS) is 11.7. The Kier molecular flexibility index (Phi) is 6.82. The van der Waals surface area contributed by atoms with Gasteiger partial charge in [-0.15, -0.1) is 0 Å². The summed E-state index contributed by atoms with van der Waals surface area (Å²) in [4.78, 5) is 10.9. The molecule has 0 aliphatic rings. The third-order valence-corrected chi connectivity index (χ3v) is 10.8. The van der Waals surface area contributed by atoms with Crippen molar-refractivity contribution in [2.75, 3.05) is 0 Å². The molecule has 0 atom stereocenters. The number of nitrogens with zero attached hydrogens (tertiary/aromatic N) is 4. The molecule has 0 amide bonds. The summed E-state index contributed by atoms with van der Waals surface area (Å²) in [6.07, 6.45) is 0. The van der Waals surface area contributed by atoms with Crippen molar-refractivity contribution >= 4 is 54.5 Å². The molecule has 4 nitrogen and oxygen atoms in total. The highest BCUT2D eigenvalue weighted by atomic mass is 15.2. The lowest BCUT2D eigenvalue weighted by atomic mass is 9.98. The second-order valence-electron chi connectivity index (χ2n) is 13.8. The quantitative estimate of drug-likeness (QED) is 0.180. The van der Waals surface area contributed by atoms with Gasteiger partial charge in [0.05, 0.1) is 33.3 Å². The van der Waals surface area contributed by atoms with E-state index in [0.717, 1.165) is 60.8 Å². The molecule has 0 aliphatic carbocycles. The average molecular weight is 689 g/mol. The molecule has 3 aromatic heterocycles. The Bertz CT molecular complexity index is 3140. The van der Waals surface area contributed by atoms with Crippen molar-refractivity contribution in [1.29, 1.82) is 0 Å². The van der Waals surface area contributed by atoms with Gasteiger partial charge in [0.1, 0.15) is 0 Å². The van der Waals surface area contributed by atoms with Crippen LogP contribution in [0.2, 0.25) is 0 Å². The second kappa shape index (κ2) is 12.1. The summed E-state index contributed by atoms with van der Waals surface area (Å²) < 4.78 is 4.62. The summed E-state index contributed by atoms with van der Waals surface area (Å²) in [5.74, 6) is 0.642. The zero-order valence-electron chi connectivity index (χ0n) is 29.3. The largest absolute Gasteiger partial charge is 0.309 e. The van der Waals surface area contributed by atoms with Crippen molar-refractivity contribution in [3.63, 3.8) is 0 Å². The number of rotatable bonds is 5. The predicted octanol–water partition coefficient (Wildman–Crippen LogP) is 12.8. The van der Waals surface area contributed by atoms with Crippen LogP contribution < -0.4 is 0 Å². The maximum Gasteiger partial charge on any atom is 0.235 e. The van der Waals surface area contributed by atoms with Crippen molar-refractivity contribution in [3.05, 3.63) is 194 Å². The van der Waals surface area contributed by atoms with Crippen LogP contribution in [-0.2, 0) is 0 Å². The highest BCUT2D eigenvalue weighted by molar-refractivity contribution is 6.12. The van der Waals surface area contributed by atoms with E-state index in [1.165, 1.54) is 32.9 Å². The number of fused-ring (bicyclic) bond motifs is 7. The topological polar surface area (TPSA) is 35.6 Å². The van der Waals surface area contributed by atoms with Crippen LogP contribution in [0.4, 0.5) is 0 Å². The van der Waals surface area contributed by atoms with E-state index >= 15 is 0 Å². The molecule has 11 rings (SSSR count). The Hall–Kier alpha value is -7.30. The molecule has 0 unspecified atom stereocenters. The first-order valence-electron chi connectivity index (χ1n) is 18.3. The van der Waals surface area contributed by atoms with Gasteiger partial charge < -0.3 is 4.57 Å². The van der Waals surface area contributed by atoms with Crippen molar-refractivity contribution in [2.45, 2.75) is 0 Å². The number of para-hydroxylation sites is 4. The van der Waals surface area contributed by atoms with Gasteiger partial charge in [0.25, 0.3) is 0 Å². The Morgan fingerprint density at radius 1 is 0.315 bits per heavy atom. The van der Waals surface area contributed by atoms with E-state index in [0.29, 0.717) is 5.95 Å². The third-order valence-electron chi connectivity index (χ3n) is 10.8. The summed E-state index contributed by atoms with van der Waals surface area (Å²) in [6.45, 7) is 0. The molecule has 4 heteroatoms. The van der Waals surface area contributed by atoms with Crippen LogP contribution in [0.5, 0.6) is 0 Å². The number of hydrogen-bond acceptors (Lipinski definition) is 2. The van der Waals surface area contributed by atoms with Gasteiger partial charge in [-0.05, 0) is 53.1 Å². The fraction of sp³-hybridized carbons (Fsp3) is 0. The average Bonchev–Trinajstić information content (AvgIpc) is 3.76. The summed E-state index contributed by atoms with van der Waals surface area (Å²) in [5.41, 5.74) is 13.0. The molecule has 0 fully saturated rings. The number of aromatic nitrogens is 4. The maximum absolute atomic E-state index is 5.45. The van der Waals surface area contributed by atoms with Crippen molar-refractivity contribution in [2.24, 2.45) is 0 Å². The summed E-state index contributed by atoms with van der Waals surface area (Å²) in [6, 6.07) is 69.0. The van der Waals surface area contributed by atoms with Crippen LogP contribution in [0.1, 0.15) is 0 Å². The van der Waals surface area contributed by atoms with Crippen molar-refractivity contribution in [1.82, 2.24) is 19.1 Å². The van der Waals surface area contributed by atoms with Gasteiger partial charge in [-0.1, -0.05) is 158 Å². The van der Waals surface area contributed by atoms with E-state index in [1.807, 2.05) is 0 Å². The van der Waals surface area contributed by atoms with Crippen LogP contribution >= 0.6 is 0 Å². The summed E-state index contributed by atoms with van der Waals surface area (Å²) in [7, 11) is 0. The lowest BCUT2D eigenvalue weighted by molar-refractivity contribution is 1.01. The minimum atomic E-state index is 0.642. The van der Waals surface area contributed by atoms with E-state index in [1.54, 1.807) is 0 Å². The van der Waals surface area contributed by atoms with E-state index in [4.69, 9.17) is 9.97 Å². The minimum absolute atomic E-state index is 0.642.